The molecule has 2 heterocycles. The highest BCUT2D eigenvalue weighted by atomic mass is 19.1. The van der Waals surface area contributed by atoms with E-state index in [9.17, 15) is 9.18 Å². The number of ether oxygens (including phenoxy) is 1. The van der Waals surface area contributed by atoms with Crippen molar-refractivity contribution >= 4 is 11.0 Å². The van der Waals surface area contributed by atoms with Crippen molar-refractivity contribution in [3.8, 4) is 22.7 Å². The van der Waals surface area contributed by atoms with Crippen LogP contribution < -0.4 is 16.2 Å². The molecule has 0 bridgehead atoms. The van der Waals surface area contributed by atoms with Crippen LogP contribution in [-0.4, -0.2) is 27.8 Å². The highest BCUT2D eigenvalue weighted by Crippen LogP contribution is 2.26. The van der Waals surface area contributed by atoms with Crippen LogP contribution in [0.5, 0.6) is 5.75 Å². The Labute approximate surface area is 160 Å². The van der Waals surface area contributed by atoms with Gasteiger partial charge in [0.1, 0.15) is 24.7 Å². The lowest BCUT2D eigenvalue weighted by Gasteiger charge is -2.05. The molecule has 4 aromatic rings. The number of rotatable bonds is 6. The topological polar surface area (TPSA) is 85.9 Å². The van der Waals surface area contributed by atoms with Gasteiger partial charge in [0.15, 0.2) is 0 Å². The quantitative estimate of drug-likeness (QED) is 0.540. The Morgan fingerprint density at radius 2 is 1.96 bits per heavy atom. The number of fused-ring (bicyclic) bond motifs is 1. The van der Waals surface area contributed by atoms with Crippen molar-refractivity contribution in [2.75, 3.05) is 13.3 Å². The molecule has 0 aliphatic carbocycles. The summed E-state index contributed by atoms with van der Waals surface area (Å²) in [7, 11) is 0. The number of aromatic amines is 1. The van der Waals surface area contributed by atoms with Crippen molar-refractivity contribution in [1.29, 1.82) is 0 Å². The maximum Gasteiger partial charge on any atom is 0.354 e. The molecule has 28 heavy (non-hydrogen) atoms. The van der Waals surface area contributed by atoms with Gasteiger partial charge in [-0.25, -0.2) is 9.18 Å². The Kier molecular flexibility index (Phi) is 4.90. The monoisotopic (exact) mass is 378 g/mol. The van der Waals surface area contributed by atoms with Crippen LogP contribution in [0.15, 0.2) is 65.6 Å². The van der Waals surface area contributed by atoms with Gasteiger partial charge < -0.3 is 15.5 Å². The molecule has 7 heteroatoms. The maximum atomic E-state index is 12.5. The second-order valence-electron chi connectivity index (χ2n) is 6.32. The van der Waals surface area contributed by atoms with E-state index in [-0.39, 0.29) is 12.3 Å². The number of hydrogen-bond donors (Lipinski definition) is 2. The van der Waals surface area contributed by atoms with Gasteiger partial charge in [0.05, 0.1) is 5.69 Å². The van der Waals surface area contributed by atoms with E-state index < -0.39 is 6.67 Å². The minimum absolute atomic E-state index is 0.0141. The number of nitrogens with one attached hydrogen (secondary N) is 1. The predicted octanol–water partition coefficient (Wildman–Crippen LogP) is 3.19. The Bertz CT molecular complexity index is 1170. The molecule has 6 nitrogen and oxygen atoms in total. The number of aromatic nitrogens is 3. The molecule has 0 unspecified atom stereocenters. The summed E-state index contributed by atoms with van der Waals surface area (Å²) < 4.78 is 19.2. The van der Waals surface area contributed by atoms with Crippen LogP contribution >= 0.6 is 0 Å². The van der Waals surface area contributed by atoms with Gasteiger partial charge in [-0.2, -0.15) is 4.98 Å². The third-order valence-electron chi connectivity index (χ3n) is 4.45. The first-order valence-corrected chi connectivity index (χ1v) is 8.89. The van der Waals surface area contributed by atoms with Crippen LogP contribution in [-0.2, 0) is 6.54 Å². The van der Waals surface area contributed by atoms with Crippen molar-refractivity contribution in [1.82, 2.24) is 14.5 Å². The first-order valence-electron chi connectivity index (χ1n) is 8.89. The summed E-state index contributed by atoms with van der Waals surface area (Å²) in [6.07, 6.45) is 1.76. The minimum Gasteiger partial charge on any atom is -0.491 e. The standard InChI is InChI=1S/C21H19FN4O2/c22-8-9-28-18-3-1-2-15(10-18)19-11-16-13-26(21(27)25-20(16)24-19)17-6-4-14(12-23)5-7-17/h1-7,10-11,13H,8-9,12,23H2,(H,24,25,27). The van der Waals surface area contributed by atoms with Gasteiger partial charge >= 0.3 is 5.69 Å². The van der Waals surface area contributed by atoms with E-state index in [1.54, 1.807) is 12.3 Å². The van der Waals surface area contributed by atoms with Crippen LogP contribution in [0.25, 0.3) is 28.0 Å². The highest BCUT2D eigenvalue weighted by Gasteiger charge is 2.09. The Morgan fingerprint density at radius 1 is 1.14 bits per heavy atom. The van der Waals surface area contributed by atoms with Crippen LogP contribution in [0.1, 0.15) is 5.56 Å². The lowest BCUT2D eigenvalue weighted by Crippen LogP contribution is -2.20. The molecule has 0 fully saturated rings. The number of hydrogen-bond acceptors (Lipinski definition) is 4. The predicted molar refractivity (Wildman–Crippen MR) is 106 cm³/mol. The lowest BCUT2D eigenvalue weighted by atomic mass is 10.1. The van der Waals surface area contributed by atoms with Crippen molar-refractivity contribution < 1.29 is 9.13 Å². The third kappa shape index (κ3) is 3.52. The summed E-state index contributed by atoms with van der Waals surface area (Å²) >= 11 is 0. The number of H-pyrrole nitrogens is 1. The molecule has 142 valence electrons. The zero-order valence-electron chi connectivity index (χ0n) is 15.1. The van der Waals surface area contributed by atoms with Gasteiger partial charge in [0.25, 0.3) is 0 Å². The number of benzene rings is 2. The molecular formula is C21H19FN4O2. The zero-order valence-corrected chi connectivity index (χ0v) is 15.1. The van der Waals surface area contributed by atoms with Gasteiger partial charge in [-0.1, -0.05) is 24.3 Å². The first-order chi connectivity index (χ1) is 13.7. The van der Waals surface area contributed by atoms with E-state index in [1.165, 1.54) is 4.57 Å². The normalized spacial score (nSPS) is 11.1. The van der Waals surface area contributed by atoms with Crippen molar-refractivity contribution in [3.05, 3.63) is 76.8 Å². The molecule has 0 saturated carbocycles. The molecule has 4 rings (SSSR count). The Morgan fingerprint density at radius 3 is 2.71 bits per heavy atom. The van der Waals surface area contributed by atoms with Crippen molar-refractivity contribution in [3.63, 3.8) is 0 Å². The Balaban J connectivity index is 1.72. The van der Waals surface area contributed by atoms with Gasteiger partial charge in [0, 0.05) is 29.4 Å². The van der Waals surface area contributed by atoms with E-state index in [2.05, 4.69) is 9.97 Å². The molecule has 0 spiro atoms. The van der Waals surface area contributed by atoms with Gasteiger partial charge in [-0.3, -0.25) is 4.57 Å². The summed E-state index contributed by atoms with van der Waals surface area (Å²) in [5.74, 6) is 0.585. The molecule has 0 atom stereocenters. The second-order valence-corrected chi connectivity index (χ2v) is 6.32. The van der Waals surface area contributed by atoms with E-state index in [4.69, 9.17) is 10.5 Å². The molecular weight excluding hydrogens is 359 g/mol. The van der Waals surface area contributed by atoms with Crippen molar-refractivity contribution in [2.45, 2.75) is 6.54 Å². The number of alkyl halides is 1. The second kappa shape index (κ2) is 7.66. The van der Waals surface area contributed by atoms with E-state index in [0.29, 0.717) is 17.9 Å². The smallest absolute Gasteiger partial charge is 0.354 e. The molecule has 3 N–H and O–H groups in total. The van der Waals surface area contributed by atoms with Crippen molar-refractivity contribution in [2.24, 2.45) is 5.73 Å². The molecule has 0 saturated heterocycles. The molecule has 0 radical (unpaired) electrons. The van der Waals surface area contributed by atoms with Crippen LogP contribution in [0.3, 0.4) is 0 Å². The average molecular weight is 378 g/mol. The van der Waals surface area contributed by atoms with Crippen LogP contribution in [0, 0.1) is 0 Å². The fourth-order valence-electron chi connectivity index (χ4n) is 3.04. The van der Waals surface area contributed by atoms with Crippen LogP contribution in [0.4, 0.5) is 4.39 Å². The maximum absolute atomic E-state index is 12.5. The van der Waals surface area contributed by atoms with E-state index >= 15 is 0 Å². The largest absolute Gasteiger partial charge is 0.491 e. The first kappa shape index (κ1) is 17.9. The number of halogens is 1. The molecule has 2 aromatic carbocycles. The summed E-state index contributed by atoms with van der Waals surface area (Å²) in [4.78, 5) is 19.8. The fraction of sp³-hybridized carbons (Fsp3) is 0.143. The van der Waals surface area contributed by atoms with E-state index in [1.807, 2.05) is 48.5 Å². The minimum atomic E-state index is -0.543. The fourth-order valence-corrected chi connectivity index (χ4v) is 3.04. The summed E-state index contributed by atoms with van der Waals surface area (Å²) in [5.41, 5.74) is 9.13. The third-order valence-corrected chi connectivity index (χ3v) is 4.45. The summed E-state index contributed by atoms with van der Waals surface area (Å²) in [6, 6.07) is 16.7. The number of nitrogens with two attached hydrogens (primary N) is 1. The summed E-state index contributed by atoms with van der Waals surface area (Å²) in [5, 5.41) is 0.799. The Hall–Kier alpha value is -3.45. The van der Waals surface area contributed by atoms with Gasteiger partial charge in [0.2, 0.25) is 0 Å². The van der Waals surface area contributed by atoms with Crippen LogP contribution in [0.2, 0.25) is 0 Å². The average Bonchev–Trinajstić information content (AvgIpc) is 3.15. The van der Waals surface area contributed by atoms with Gasteiger partial charge in [-0.05, 0) is 35.9 Å². The SMILES string of the molecule is NCc1ccc(-n2cc3cc(-c4cccc(OCCF)c4)[nH]c3nc2=O)cc1. The molecule has 0 aliphatic heterocycles. The van der Waals surface area contributed by atoms with E-state index in [0.717, 1.165) is 27.9 Å². The highest BCUT2D eigenvalue weighted by molar-refractivity contribution is 5.82. The molecule has 0 aliphatic rings. The number of nitrogens with zero attached hydrogens (tertiary/aromatic N) is 2. The molecule has 2 aromatic heterocycles. The summed E-state index contributed by atoms with van der Waals surface area (Å²) in [6.45, 7) is -0.0823. The lowest BCUT2D eigenvalue weighted by molar-refractivity contribution is 0.273. The molecule has 0 amide bonds. The zero-order chi connectivity index (χ0) is 19.5. The van der Waals surface area contributed by atoms with Gasteiger partial charge in [-0.15, -0.1) is 0 Å².